The van der Waals surface area contributed by atoms with Crippen LogP contribution in [0.3, 0.4) is 0 Å². The molecule has 0 fully saturated rings. The third-order valence-corrected chi connectivity index (χ3v) is 2.77. The number of hydrogen-bond acceptors (Lipinski definition) is 2. The summed E-state index contributed by atoms with van der Waals surface area (Å²) in [7, 11) is 0. The molecule has 6 heteroatoms. The summed E-state index contributed by atoms with van der Waals surface area (Å²) in [6.45, 7) is 0. The van der Waals surface area contributed by atoms with Crippen LogP contribution in [-0.2, 0) is 0 Å². The second-order valence-corrected chi connectivity index (χ2v) is 4.19. The van der Waals surface area contributed by atoms with E-state index in [9.17, 15) is 13.6 Å². The second kappa shape index (κ2) is 5.24. The van der Waals surface area contributed by atoms with Crippen LogP contribution < -0.4 is 11.1 Å². The summed E-state index contributed by atoms with van der Waals surface area (Å²) in [6, 6.07) is 7.34. The van der Waals surface area contributed by atoms with Gasteiger partial charge in [-0.1, -0.05) is 17.7 Å². The van der Waals surface area contributed by atoms with E-state index in [1.54, 1.807) is 0 Å². The number of nitrogens with two attached hydrogens (primary N) is 1. The normalized spacial score (nSPS) is 10.3. The monoisotopic (exact) mass is 282 g/mol. The van der Waals surface area contributed by atoms with E-state index in [2.05, 4.69) is 5.32 Å². The molecule has 0 unspecified atom stereocenters. The summed E-state index contributed by atoms with van der Waals surface area (Å²) in [5.41, 5.74) is 5.55. The summed E-state index contributed by atoms with van der Waals surface area (Å²) >= 11 is 5.74. The molecule has 2 rings (SSSR count). The maximum Gasteiger partial charge on any atom is 0.257 e. The van der Waals surface area contributed by atoms with Gasteiger partial charge in [0.25, 0.3) is 5.91 Å². The molecule has 0 atom stereocenters. The van der Waals surface area contributed by atoms with Gasteiger partial charge < -0.3 is 11.1 Å². The topological polar surface area (TPSA) is 55.1 Å². The molecule has 0 aliphatic carbocycles. The second-order valence-electron chi connectivity index (χ2n) is 3.78. The maximum absolute atomic E-state index is 13.5. The van der Waals surface area contributed by atoms with E-state index < -0.39 is 17.5 Å². The minimum atomic E-state index is -0.665. The highest BCUT2D eigenvalue weighted by Gasteiger charge is 2.14. The van der Waals surface area contributed by atoms with E-state index >= 15 is 0 Å². The summed E-state index contributed by atoms with van der Waals surface area (Å²) in [5, 5.41) is 2.25. The van der Waals surface area contributed by atoms with Crippen molar-refractivity contribution in [3.8, 4) is 0 Å². The lowest BCUT2D eigenvalue weighted by Gasteiger charge is -2.10. The number of nitrogens with one attached hydrogen (secondary N) is 1. The Labute approximate surface area is 113 Å². The van der Waals surface area contributed by atoms with E-state index in [4.69, 9.17) is 17.3 Å². The third-order valence-electron chi connectivity index (χ3n) is 2.46. The number of amides is 1. The first-order valence-corrected chi connectivity index (χ1v) is 5.67. The standard InChI is InChI=1S/C13H9ClF2N2O/c14-9-6-7(15)4-5-8(9)13(19)18-12-10(16)2-1-3-11(12)17/h1-6H,17H2,(H,18,19). The fraction of sp³-hybridized carbons (Fsp3) is 0. The van der Waals surface area contributed by atoms with E-state index in [0.717, 1.165) is 18.2 Å². The van der Waals surface area contributed by atoms with Gasteiger partial charge in [0.05, 0.1) is 16.3 Å². The minimum absolute atomic E-state index is 0.0331. The highest BCUT2D eigenvalue weighted by molar-refractivity contribution is 6.34. The van der Waals surface area contributed by atoms with E-state index in [-0.39, 0.29) is 22.0 Å². The van der Waals surface area contributed by atoms with Crippen LogP contribution in [0.4, 0.5) is 20.2 Å². The number of rotatable bonds is 2. The Morgan fingerprint density at radius 2 is 1.95 bits per heavy atom. The van der Waals surface area contributed by atoms with E-state index in [1.807, 2.05) is 0 Å². The van der Waals surface area contributed by atoms with Crippen LogP contribution in [0.2, 0.25) is 5.02 Å². The number of halogens is 3. The van der Waals surface area contributed by atoms with Gasteiger partial charge in [-0.25, -0.2) is 8.78 Å². The number of carbonyl (C=O) groups is 1. The van der Waals surface area contributed by atoms with Crippen molar-refractivity contribution in [1.82, 2.24) is 0 Å². The molecule has 2 aromatic carbocycles. The molecule has 0 radical (unpaired) electrons. The molecular weight excluding hydrogens is 274 g/mol. The summed E-state index contributed by atoms with van der Waals surface area (Å²) in [5.74, 6) is -1.89. The molecule has 0 spiro atoms. The molecule has 2 aromatic rings. The minimum Gasteiger partial charge on any atom is -0.397 e. The number of anilines is 2. The molecule has 3 nitrogen and oxygen atoms in total. The third kappa shape index (κ3) is 2.82. The molecule has 0 heterocycles. The average molecular weight is 283 g/mol. The van der Waals surface area contributed by atoms with Crippen LogP contribution in [-0.4, -0.2) is 5.91 Å². The molecule has 0 saturated carbocycles. The number of para-hydroxylation sites is 1. The summed E-state index contributed by atoms with van der Waals surface area (Å²) < 4.78 is 26.4. The van der Waals surface area contributed by atoms with Gasteiger partial charge in [-0.15, -0.1) is 0 Å². The van der Waals surface area contributed by atoms with Crippen LogP contribution in [0, 0.1) is 11.6 Å². The molecule has 0 bridgehead atoms. The van der Waals surface area contributed by atoms with Gasteiger partial charge in [0.2, 0.25) is 0 Å². The zero-order valence-corrected chi connectivity index (χ0v) is 10.3. The Balaban J connectivity index is 2.31. The first-order chi connectivity index (χ1) is 8.99. The SMILES string of the molecule is Nc1cccc(F)c1NC(=O)c1ccc(F)cc1Cl. The van der Waals surface area contributed by atoms with Gasteiger partial charge in [0, 0.05) is 0 Å². The molecule has 0 aromatic heterocycles. The molecule has 0 aliphatic rings. The number of nitrogen functional groups attached to an aromatic ring is 1. The van der Waals surface area contributed by atoms with Crippen molar-refractivity contribution in [2.45, 2.75) is 0 Å². The summed E-state index contributed by atoms with van der Waals surface area (Å²) in [4.78, 5) is 11.9. The molecule has 0 saturated heterocycles. The number of benzene rings is 2. The van der Waals surface area contributed by atoms with Gasteiger partial charge in [-0.2, -0.15) is 0 Å². The van der Waals surface area contributed by atoms with Crippen molar-refractivity contribution < 1.29 is 13.6 Å². The van der Waals surface area contributed by atoms with Crippen LogP contribution in [0.15, 0.2) is 36.4 Å². The van der Waals surface area contributed by atoms with Crippen molar-refractivity contribution in [3.05, 3.63) is 58.6 Å². The maximum atomic E-state index is 13.5. The van der Waals surface area contributed by atoms with E-state index in [1.165, 1.54) is 18.2 Å². The van der Waals surface area contributed by atoms with Crippen molar-refractivity contribution >= 4 is 28.9 Å². The Morgan fingerprint density at radius 1 is 1.21 bits per heavy atom. The van der Waals surface area contributed by atoms with Gasteiger partial charge in [0.15, 0.2) is 0 Å². The number of carbonyl (C=O) groups excluding carboxylic acids is 1. The highest BCUT2D eigenvalue weighted by Crippen LogP contribution is 2.24. The van der Waals surface area contributed by atoms with Crippen molar-refractivity contribution in [2.75, 3.05) is 11.1 Å². The Bertz CT molecular complexity index is 626. The molecule has 3 N–H and O–H groups in total. The van der Waals surface area contributed by atoms with Crippen LogP contribution in [0.1, 0.15) is 10.4 Å². The zero-order chi connectivity index (χ0) is 14.0. The lowest BCUT2D eigenvalue weighted by molar-refractivity contribution is 0.102. The van der Waals surface area contributed by atoms with Crippen molar-refractivity contribution in [3.63, 3.8) is 0 Å². The average Bonchev–Trinajstić information content (AvgIpc) is 2.33. The fourth-order valence-electron chi connectivity index (χ4n) is 1.53. The fourth-order valence-corrected chi connectivity index (χ4v) is 1.78. The first kappa shape index (κ1) is 13.3. The smallest absolute Gasteiger partial charge is 0.257 e. The molecule has 19 heavy (non-hydrogen) atoms. The first-order valence-electron chi connectivity index (χ1n) is 5.29. The van der Waals surface area contributed by atoms with Crippen molar-refractivity contribution in [2.24, 2.45) is 0 Å². The zero-order valence-electron chi connectivity index (χ0n) is 9.58. The lowest BCUT2D eigenvalue weighted by Crippen LogP contribution is -2.15. The van der Waals surface area contributed by atoms with Crippen LogP contribution in [0.25, 0.3) is 0 Å². The molecule has 1 amide bonds. The Kier molecular flexibility index (Phi) is 3.66. The Hall–Kier alpha value is -2.14. The Morgan fingerprint density at radius 3 is 2.58 bits per heavy atom. The quantitative estimate of drug-likeness (QED) is 0.829. The lowest BCUT2D eigenvalue weighted by atomic mass is 10.2. The van der Waals surface area contributed by atoms with Gasteiger partial charge in [-0.3, -0.25) is 4.79 Å². The highest BCUT2D eigenvalue weighted by atomic mass is 35.5. The number of hydrogen-bond donors (Lipinski definition) is 2. The van der Waals surface area contributed by atoms with Crippen LogP contribution in [0.5, 0.6) is 0 Å². The van der Waals surface area contributed by atoms with Gasteiger partial charge in [0.1, 0.15) is 17.3 Å². The van der Waals surface area contributed by atoms with Crippen molar-refractivity contribution in [1.29, 1.82) is 0 Å². The molecule has 0 aliphatic heterocycles. The van der Waals surface area contributed by atoms with Gasteiger partial charge >= 0.3 is 0 Å². The molecule has 98 valence electrons. The summed E-state index contributed by atoms with van der Waals surface area (Å²) in [6.07, 6.45) is 0. The predicted molar refractivity (Wildman–Crippen MR) is 70.2 cm³/mol. The van der Waals surface area contributed by atoms with Crippen LogP contribution >= 0.6 is 11.6 Å². The predicted octanol–water partition coefficient (Wildman–Crippen LogP) is 3.45. The largest absolute Gasteiger partial charge is 0.397 e. The van der Waals surface area contributed by atoms with E-state index in [0.29, 0.717) is 0 Å². The van der Waals surface area contributed by atoms with Gasteiger partial charge in [-0.05, 0) is 30.3 Å². The molecular formula is C13H9ClF2N2O.